The highest BCUT2D eigenvalue weighted by Crippen LogP contribution is 2.31. The number of nitrogens with zero attached hydrogens (tertiary/aromatic N) is 1. The van der Waals surface area contributed by atoms with Gasteiger partial charge in [0.25, 0.3) is 0 Å². The van der Waals surface area contributed by atoms with E-state index >= 15 is 0 Å². The number of nitrogens with two attached hydrogens (primary N) is 1. The Kier molecular flexibility index (Phi) is 4.59. The molecule has 3 nitrogen and oxygen atoms in total. The van der Waals surface area contributed by atoms with Crippen LogP contribution in [-0.2, 0) is 0 Å². The number of benzene rings is 1. The third kappa shape index (κ3) is 3.11. The molecule has 1 rings (SSSR count). The maximum atomic E-state index is 6.13. The summed E-state index contributed by atoms with van der Waals surface area (Å²) in [5.74, 6) is 0.832. The van der Waals surface area contributed by atoms with Gasteiger partial charge in [0, 0.05) is 23.2 Å². The molecular weight excluding hydrogens is 224 g/mol. The van der Waals surface area contributed by atoms with Gasteiger partial charge in [0.15, 0.2) is 0 Å². The lowest BCUT2D eigenvalue weighted by atomic mass is 10.0. The van der Waals surface area contributed by atoms with Crippen molar-refractivity contribution in [2.24, 2.45) is 5.73 Å². The second-order valence-corrected chi connectivity index (χ2v) is 4.65. The zero-order valence-electron chi connectivity index (χ0n) is 10.2. The molecule has 0 radical (unpaired) electrons. The molecule has 1 aromatic carbocycles. The molecule has 0 amide bonds. The van der Waals surface area contributed by atoms with Crippen molar-refractivity contribution in [2.75, 3.05) is 27.7 Å². The van der Waals surface area contributed by atoms with Gasteiger partial charge >= 0.3 is 0 Å². The Morgan fingerprint density at radius 3 is 2.56 bits per heavy atom. The van der Waals surface area contributed by atoms with E-state index < -0.39 is 0 Å². The summed E-state index contributed by atoms with van der Waals surface area (Å²) in [6, 6.07) is 3.66. The quantitative estimate of drug-likeness (QED) is 0.880. The van der Waals surface area contributed by atoms with E-state index in [0.29, 0.717) is 5.02 Å². The number of aryl methyl sites for hydroxylation is 1. The number of ether oxygens (including phenoxy) is 1. The number of likely N-dealkylation sites (N-methyl/N-ethyl adjacent to an activating group) is 1. The predicted molar refractivity (Wildman–Crippen MR) is 68.2 cm³/mol. The van der Waals surface area contributed by atoms with E-state index in [4.69, 9.17) is 22.1 Å². The van der Waals surface area contributed by atoms with Crippen molar-refractivity contribution in [3.8, 4) is 5.75 Å². The lowest BCUT2D eigenvalue weighted by Crippen LogP contribution is -2.26. The number of methoxy groups -OCH3 is 1. The molecule has 0 aliphatic carbocycles. The van der Waals surface area contributed by atoms with Crippen LogP contribution < -0.4 is 10.5 Å². The summed E-state index contributed by atoms with van der Waals surface area (Å²) in [7, 11) is 5.63. The van der Waals surface area contributed by atoms with Gasteiger partial charge in [-0.25, -0.2) is 0 Å². The van der Waals surface area contributed by atoms with Crippen LogP contribution in [-0.4, -0.2) is 32.6 Å². The Hall–Kier alpha value is -0.770. The summed E-state index contributed by atoms with van der Waals surface area (Å²) in [5.41, 5.74) is 8.10. The molecule has 0 spiro atoms. The molecule has 0 saturated carbocycles. The average molecular weight is 243 g/mol. The van der Waals surface area contributed by atoms with Crippen LogP contribution in [0.25, 0.3) is 0 Å². The predicted octanol–water partition coefficient (Wildman–Crippen LogP) is 2.22. The van der Waals surface area contributed by atoms with Crippen LogP contribution in [0.3, 0.4) is 0 Å². The van der Waals surface area contributed by atoms with Crippen LogP contribution in [0.5, 0.6) is 5.75 Å². The first-order chi connectivity index (χ1) is 7.45. The molecule has 0 aromatic heterocycles. The summed E-state index contributed by atoms with van der Waals surface area (Å²) in [4.78, 5) is 2.04. The van der Waals surface area contributed by atoms with Crippen LogP contribution in [0.2, 0.25) is 5.02 Å². The molecule has 0 aliphatic rings. The van der Waals surface area contributed by atoms with Crippen molar-refractivity contribution in [3.05, 3.63) is 28.3 Å². The van der Waals surface area contributed by atoms with Crippen molar-refractivity contribution in [2.45, 2.75) is 13.0 Å². The normalized spacial score (nSPS) is 12.9. The van der Waals surface area contributed by atoms with E-state index in [-0.39, 0.29) is 6.04 Å². The van der Waals surface area contributed by atoms with Gasteiger partial charge in [-0.1, -0.05) is 11.6 Å². The fourth-order valence-corrected chi connectivity index (χ4v) is 2.08. The lowest BCUT2D eigenvalue weighted by molar-refractivity contribution is 0.361. The minimum absolute atomic E-state index is 0.0950. The van der Waals surface area contributed by atoms with Gasteiger partial charge in [0.1, 0.15) is 5.75 Å². The molecule has 4 heteroatoms. The summed E-state index contributed by atoms with van der Waals surface area (Å²) >= 11 is 6.03. The van der Waals surface area contributed by atoms with Crippen LogP contribution in [0.1, 0.15) is 17.2 Å². The first-order valence-corrected chi connectivity index (χ1v) is 5.57. The first-order valence-electron chi connectivity index (χ1n) is 5.20. The van der Waals surface area contributed by atoms with Crippen molar-refractivity contribution in [1.29, 1.82) is 0 Å². The van der Waals surface area contributed by atoms with E-state index in [1.165, 1.54) is 0 Å². The van der Waals surface area contributed by atoms with Crippen molar-refractivity contribution in [3.63, 3.8) is 0 Å². The Labute approximate surface area is 102 Å². The van der Waals surface area contributed by atoms with Crippen molar-refractivity contribution in [1.82, 2.24) is 4.90 Å². The Bertz CT molecular complexity index is 366. The zero-order chi connectivity index (χ0) is 12.3. The summed E-state index contributed by atoms with van der Waals surface area (Å²) in [6.07, 6.45) is 0. The van der Waals surface area contributed by atoms with Gasteiger partial charge in [-0.05, 0) is 38.7 Å². The Balaban J connectivity index is 3.10. The standard InChI is InChI=1S/C12H19ClN2O/c1-8-5-9(13)6-10(12(8)16-4)11(14)7-15(2)3/h5-6,11H,7,14H2,1-4H3. The summed E-state index contributed by atoms with van der Waals surface area (Å²) in [5, 5.41) is 0.697. The number of halogens is 1. The first kappa shape index (κ1) is 13.3. The highest BCUT2D eigenvalue weighted by Gasteiger charge is 2.15. The second-order valence-electron chi connectivity index (χ2n) is 4.21. The van der Waals surface area contributed by atoms with Gasteiger partial charge in [-0.15, -0.1) is 0 Å². The molecule has 0 aliphatic heterocycles. The highest BCUT2D eigenvalue weighted by molar-refractivity contribution is 6.30. The summed E-state index contributed by atoms with van der Waals surface area (Å²) in [6.45, 7) is 2.73. The molecule has 0 saturated heterocycles. The number of hydrogen-bond acceptors (Lipinski definition) is 3. The third-order valence-electron chi connectivity index (χ3n) is 2.43. The van der Waals surface area contributed by atoms with E-state index in [1.807, 2.05) is 38.1 Å². The maximum absolute atomic E-state index is 6.13. The molecule has 1 unspecified atom stereocenters. The molecule has 2 N–H and O–H groups in total. The molecule has 16 heavy (non-hydrogen) atoms. The minimum Gasteiger partial charge on any atom is -0.496 e. The van der Waals surface area contributed by atoms with Crippen LogP contribution in [0.15, 0.2) is 12.1 Å². The van der Waals surface area contributed by atoms with Gasteiger partial charge in [-0.3, -0.25) is 0 Å². The molecule has 0 heterocycles. The minimum atomic E-state index is -0.0950. The second kappa shape index (κ2) is 5.53. The number of hydrogen-bond donors (Lipinski definition) is 1. The molecule has 1 aromatic rings. The van der Waals surface area contributed by atoms with Gasteiger partial charge < -0.3 is 15.4 Å². The Morgan fingerprint density at radius 2 is 2.06 bits per heavy atom. The largest absolute Gasteiger partial charge is 0.496 e. The Morgan fingerprint density at radius 1 is 1.44 bits per heavy atom. The topological polar surface area (TPSA) is 38.5 Å². The van der Waals surface area contributed by atoms with E-state index in [2.05, 4.69) is 0 Å². The zero-order valence-corrected chi connectivity index (χ0v) is 11.0. The van der Waals surface area contributed by atoms with E-state index in [9.17, 15) is 0 Å². The SMILES string of the molecule is COc1c(C)cc(Cl)cc1C(N)CN(C)C. The molecule has 90 valence electrons. The van der Waals surface area contributed by atoms with Crippen LogP contribution in [0, 0.1) is 6.92 Å². The lowest BCUT2D eigenvalue weighted by Gasteiger charge is -2.21. The maximum Gasteiger partial charge on any atom is 0.126 e. The number of rotatable bonds is 4. The summed E-state index contributed by atoms with van der Waals surface area (Å²) < 4.78 is 5.38. The highest BCUT2D eigenvalue weighted by atomic mass is 35.5. The van der Waals surface area contributed by atoms with Gasteiger partial charge in [0.2, 0.25) is 0 Å². The van der Waals surface area contributed by atoms with Crippen molar-refractivity contribution < 1.29 is 4.74 Å². The third-order valence-corrected chi connectivity index (χ3v) is 2.65. The monoisotopic (exact) mass is 242 g/mol. The fraction of sp³-hybridized carbons (Fsp3) is 0.500. The molecule has 0 fully saturated rings. The molecular formula is C12H19ClN2O. The van der Waals surface area contributed by atoms with E-state index in [0.717, 1.165) is 23.4 Å². The smallest absolute Gasteiger partial charge is 0.126 e. The molecule has 1 atom stereocenters. The van der Waals surface area contributed by atoms with Crippen LogP contribution >= 0.6 is 11.6 Å². The molecule has 0 bridgehead atoms. The van der Waals surface area contributed by atoms with E-state index in [1.54, 1.807) is 7.11 Å². The average Bonchev–Trinajstić information content (AvgIpc) is 2.15. The fourth-order valence-electron chi connectivity index (χ4n) is 1.80. The van der Waals surface area contributed by atoms with Crippen molar-refractivity contribution >= 4 is 11.6 Å². The van der Waals surface area contributed by atoms with Crippen LogP contribution in [0.4, 0.5) is 0 Å². The van der Waals surface area contributed by atoms with Gasteiger partial charge in [-0.2, -0.15) is 0 Å². The van der Waals surface area contributed by atoms with Gasteiger partial charge in [0.05, 0.1) is 7.11 Å².